The Kier molecular flexibility index (Phi) is 5.90. The van der Waals surface area contributed by atoms with E-state index in [9.17, 15) is 4.79 Å². The van der Waals surface area contributed by atoms with Gasteiger partial charge in [-0.05, 0) is 36.3 Å². The highest BCUT2D eigenvalue weighted by Gasteiger charge is 2.15. The van der Waals surface area contributed by atoms with E-state index in [-0.39, 0.29) is 11.8 Å². The molecular weight excluding hydrogens is 272 g/mol. The molecule has 0 aromatic heterocycles. The van der Waals surface area contributed by atoms with E-state index in [4.69, 9.17) is 16.7 Å². The van der Waals surface area contributed by atoms with E-state index in [1.807, 2.05) is 0 Å². The van der Waals surface area contributed by atoms with Gasteiger partial charge in [-0.1, -0.05) is 49.9 Å². The minimum atomic E-state index is -0.786. The predicted octanol–water partition coefficient (Wildman–Crippen LogP) is 5.27. The summed E-state index contributed by atoms with van der Waals surface area (Å²) in [4.78, 5) is 10.6. The number of hydrogen-bond donors (Lipinski definition) is 1. The average Bonchev–Trinajstić information content (AvgIpc) is 2.74. The van der Waals surface area contributed by atoms with Gasteiger partial charge in [0.05, 0.1) is 5.38 Å². The molecule has 1 saturated carbocycles. The van der Waals surface area contributed by atoms with Crippen LogP contribution in [0.1, 0.15) is 73.8 Å². The molecule has 1 unspecified atom stereocenters. The Hall–Kier alpha value is -1.02. The summed E-state index contributed by atoms with van der Waals surface area (Å²) in [6, 6.07) is 8.50. The Morgan fingerprint density at radius 3 is 2.30 bits per heavy atom. The maximum Gasteiger partial charge on any atom is 0.303 e. The van der Waals surface area contributed by atoms with Crippen LogP contribution in [0.5, 0.6) is 0 Å². The van der Waals surface area contributed by atoms with Crippen LogP contribution in [0.2, 0.25) is 0 Å². The molecule has 3 heteroatoms. The summed E-state index contributed by atoms with van der Waals surface area (Å²) in [6.07, 6.45) is 8.61. The molecular formula is C17H23ClO2. The molecule has 0 heterocycles. The van der Waals surface area contributed by atoms with Crippen LogP contribution < -0.4 is 0 Å². The van der Waals surface area contributed by atoms with Gasteiger partial charge in [0.25, 0.3) is 0 Å². The second-order valence-corrected chi connectivity index (χ2v) is 6.28. The van der Waals surface area contributed by atoms with Crippen molar-refractivity contribution < 1.29 is 9.90 Å². The van der Waals surface area contributed by atoms with Crippen LogP contribution in [-0.2, 0) is 4.79 Å². The Morgan fingerprint density at radius 2 is 1.75 bits per heavy atom. The first kappa shape index (κ1) is 15.4. The lowest BCUT2D eigenvalue weighted by Gasteiger charge is -2.16. The SMILES string of the molecule is O=C(O)CCC(Cl)c1ccc(C2CCCCCC2)cc1. The van der Waals surface area contributed by atoms with Gasteiger partial charge in [-0.3, -0.25) is 4.79 Å². The Bertz CT molecular complexity index is 419. The van der Waals surface area contributed by atoms with Gasteiger partial charge in [-0.25, -0.2) is 0 Å². The number of aliphatic carboxylic acids is 1. The fourth-order valence-electron chi connectivity index (χ4n) is 3.01. The lowest BCUT2D eigenvalue weighted by molar-refractivity contribution is -0.137. The average molecular weight is 295 g/mol. The van der Waals surface area contributed by atoms with Crippen molar-refractivity contribution in [3.05, 3.63) is 35.4 Å². The van der Waals surface area contributed by atoms with Gasteiger partial charge in [-0.2, -0.15) is 0 Å². The van der Waals surface area contributed by atoms with Crippen LogP contribution in [0.15, 0.2) is 24.3 Å². The predicted molar refractivity (Wildman–Crippen MR) is 82.3 cm³/mol. The number of carbonyl (C=O) groups is 1. The third-order valence-corrected chi connectivity index (χ3v) is 4.71. The van der Waals surface area contributed by atoms with Gasteiger partial charge >= 0.3 is 5.97 Å². The molecule has 1 atom stereocenters. The number of hydrogen-bond acceptors (Lipinski definition) is 1. The van der Waals surface area contributed by atoms with Gasteiger partial charge in [0.1, 0.15) is 0 Å². The molecule has 110 valence electrons. The molecule has 20 heavy (non-hydrogen) atoms. The fourth-order valence-corrected chi connectivity index (χ4v) is 3.26. The molecule has 1 fully saturated rings. The van der Waals surface area contributed by atoms with Crippen molar-refractivity contribution in [3.63, 3.8) is 0 Å². The van der Waals surface area contributed by atoms with E-state index in [1.165, 1.54) is 44.1 Å². The third-order valence-electron chi connectivity index (χ3n) is 4.24. The molecule has 1 aliphatic rings. The third kappa shape index (κ3) is 4.52. The number of halogens is 1. The van der Waals surface area contributed by atoms with E-state index in [2.05, 4.69) is 24.3 Å². The number of carboxylic acids is 1. The largest absolute Gasteiger partial charge is 0.481 e. The van der Waals surface area contributed by atoms with Crippen molar-refractivity contribution in [2.45, 2.75) is 62.7 Å². The summed E-state index contributed by atoms with van der Waals surface area (Å²) in [5.41, 5.74) is 2.45. The molecule has 0 aliphatic heterocycles. The van der Waals surface area contributed by atoms with Crippen LogP contribution in [0, 0.1) is 0 Å². The number of rotatable bonds is 5. The molecule has 1 aromatic rings. The summed E-state index contributed by atoms with van der Waals surface area (Å²) in [7, 11) is 0. The number of alkyl halides is 1. The summed E-state index contributed by atoms with van der Waals surface area (Å²) in [5, 5.41) is 8.49. The normalized spacial score (nSPS) is 18.4. The van der Waals surface area contributed by atoms with Crippen molar-refractivity contribution in [1.82, 2.24) is 0 Å². The molecule has 1 N–H and O–H groups in total. The minimum absolute atomic E-state index is 0.124. The first-order chi connectivity index (χ1) is 9.66. The van der Waals surface area contributed by atoms with Crippen LogP contribution in [0.3, 0.4) is 0 Å². The van der Waals surface area contributed by atoms with Crippen molar-refractivity contribution in [2.75, 3.05) is 0 Å². The van der Waals surface area contributed by atoms with Crippen LogP contribution in [-0.4, -0.2) is 11.1 Å². The molecule has 0 radical (unpaired) electrons. The molecule has 0 bridgehead atoms. The zero-order chi connectivity index (χ0) is 14.4. The Balaban J connectivity index is 1.96. The molecule has 0 amide bonds. The first-order valence-corrected chi connectivity index (χ1v) is 8.06. The van der Waals surface area contributed by atoms with E-state index in [0.29, 0.717) is 12.3 Å². The van der Waals surface area contributed by atoms with Crippen LogP contribution in [0.25, 0.3) is 0 Å². The molecule has 0 saturated heterocycles. The maximum absolute atomic E-state index is 10.6. The lowest BCUT2D eigenvalue weighted by atomic mass is 9.91. The van der Waals surface area contributed by atoms with Crippen LogP contribution in [0.4, 0.5) is 0 Å². The lowest BCUT2D eigenvalue weighted by Crippen LogP contribution is -2.00. The van der Waals surface area contributed by atoms with Gasteiger partial charge < -0.3 is 5.11 Å². The second-order valence-electron chi connectivity index (χ2n) is 5.76. The highest BCUT2D eigenvalue weighted by molar-refractivity contribution is 6.20. The van der Waals surface area contributed by atoms with E-state index in [1.54, 1.807) is 0 Å². The first-order valence-electron chi connectivity index (χ1n) is 7.62. The van der Waals surface area contributed by atoms with Crippen molar-refractivity contribution in [1.29, 1.82) is 0 Å². The van der Waals surface area contributed by atoms with Crippen molar-refractivity contribution >= 4 is 17.6 Å². The minimum Gasteiger partial charge on any atom is -0.481 e. The highest BCUT2D eigenvalue weighted by Crippen LogP contribution is 2.33. The summed E-state index contributed by atoms with van der Waals surface area (Å²) in [6.45, 7) is 0. The number of carboxylic acid groups (broad SMARTS) is 1. The summed E-state index contributed by atoms with van der Waals surface area (Å²) in [5.74, 6) is -0.0925. The van der Waals surface area contributed by atoms with Gasteiger partial charge in [0.15, 0.2) is 0 Å². The monoisotopic (exact) mass is 294 g/mol. The van der Waals surface area contributed by atoms with Gasteiger partial charge in [0.2, 0.25) is 0 Å². The molecule has 0 spiro atoms. The van der Waals surface area contributed by atoms with Gasteiger partial charge in [-0.15, -0.1) is 11.6 Å². The smallest absolute Gasteiger partial charge is 0.303 e. The topological polar surface area (TPSA) is 37.3 Å². The highest BCUT2D eigenvalue weighted by atomic mass is 35.5. The van der Waals surface area contributed by atoms with E-state index < -0.39 is 5.97 Å². The van der Waals surface area contributed by atoms with E-state index in [0.717, 1.165) is 5.56 Å². The van der Waals surface area contributed by atoms with E-state index >= 15 is 0 Å². The molecule has 1 aromatic carbocycles. The summed E-state index contributed by atoms with van der Waals surface area (Å²) >= 11 is 6.25. The standard InChI is InChI=1S/C17H23ClO2/c18-16(11-12-17(19)20)15-9-7-14(8-10-15)13-5-3-1-2-4-6-13/h7-10,13,16H,1-6,11-12H2,(H,19,20). The molecule has 1 aliphatic carbocycles. The van der Waals surface area contributed by atoms with Crippen LogP contribution >= 0.6 is 11.6 Å². The summed E-state index contributed by atoms with van der Waals surface area (Å²) < 4.78 is 0. The molecule has 2 nitrogen and oxygen atoms in total. The van der Waals surface area contributed by atoms with Crippen molar-refractivity contribution in [3.8, 4) is 0 Å². The Labute approximate surface area is 126 Å². The zero-order valence-electron chi connectivity index (χ0n) is 11.9. The van der Waals surface area contributed by atoms with Gasteiger partial charge in [0, 0.05) is 6.42 Å². The maximum atomic E-state index is 10.6. The number of benzene rings is 1. The zero-order valence-corrected chi connectivity index (χ0v) is 12.6. The fraction of sp³-hybridized carbons (Fsp3) is 0.588. The Morgan fingerprint density at radius 1 is 1.15 bits per heavy atom. The quantitative estimate of drug-likeness (QED) is 0.593. The second kappa shape index (κ2) is 7.68. The molecule has 2 rings (SSSR count). The van der Waals surface area contributed by atoms with Crippen molar-refractivity contribution in [2.24, 2.45) is 0 Å².